The van der Waals surface area contributed by atoms with Crippen LogP contribution < -0.4 is 59.2 Å². The van der Waals surface area contributed by atoms with E-state index in [1.165, 1.54) is 6.07 Å². The maximum Gasteiger partial charge on any atom is 1.00 e. The molecule has 6 aromatic rings. The van der Waals surface area contributed by atoms with Crippen LogP contribution in [0, 0.1) is 19.7 Å². The molecule has 310 valence electrons. The average Bonchev–Trinajstić information content (AvgIpc) is 3.18. The van der Waals surface area contributed by atoms with Crippen molar-refractivity contribution in [3.05, 3.63) is 147 Å². The summed E-state index contributed by atoms with van der Waals surface area (Å²) in [5.41, 5.74) is 5.33. The van der Waals surface area contributed by atoms with E-state index in [9.17, 15) is 26.3 Å². The first-order valence-corrected chi connectivity index (χ1v) is 23.3. The Morgan fingerprint density at radius 2 is 1.02 bits per heavy atom. The predicted molar refractivity (Wildman–Crippen MR) is 244 cm³/mol. The molecule has 17 heteroatoms. The summed E-state index contributed by atoms with van der Waals surface area (Å²) in [7, 11) is -4.66. The number of benzene rings is 6. The molecule has 0 bridgehead atoms. The zero-order valence-corrected chi connectivity index (χ0v) is 41.3. The largest absolute Gasteiger partial charge is 1.00 e. The Labute approximate surface area is 399 Å². The van der Waals surface area contributed by atoms with Gasteiger partial charge in [-0.1, -0.05) is 123 Å². The molecule has 6 rings (SSSR count). The monoisotopic (exact) mass is 1090 g/mol. The number of nitrogens with two attached hydrogens (primary N) is 2. The minimum absolute atomic E-state index is 0. The second-order valence-corrected chi connectivity index (χ2v) is 16.6. The number of hydrogen-bond acceptors (Lipinski definition) is 8. The van der Waals surface area contributed by atoms with E-state index in [4.69, 9.17) is 24.5 Å². The van der Waals surface area contributed by atoms with Crippen LogP contribution in [0.4, 0.5) is 4.39 Å². The fraction of sp³-hybridized carbons (Fsp3) is 0.143. The Bertz CT molecular complexity index is 2520. The van der Waals surface area contributed by atoms with Gasteiger partial charge < -0.3 is 19.3 Å². The zero-order valence-electron chi connectivity index (χ0n) is 32.3. The first kappa shape index (κ1) is 54.0. The summed E-state index contributed by atoms with van der Waals surface area (Å²) in [6.45, 7) is 3.50. The molecule has 0 atom stereocenters. The van der Waals surface area contributed by atoms with Crippen molar-refractivity contribution in [1.29, 1.82) is 0 Å². The summed E-state index contributed by atoms with van der Waals surface area (Å²) < 4.78 is 75.8. The second-order valence-electron chi connectivity index (χ2n) is 11.8. The molecule has 0 fully saturated rings. The van der Waals surface area contributed by atoms with Gasteiger partial charge in [0.25, 0.3) is 0 Å². The van der Waals surface area contributed by atoms with Gasteiger partial charge in [0.05, 0.1) is 14.2 Å². The van der Waals surface area contributed by atoms with Crippen LogP contribution in [0.3, 0.4) is 0 Å². The Morgan fingerprint density at radius 3 is 1.46 bits per heavy atom. The van der Waals surface area contributed by atoms with Gasteiger partial charge in [-0.15, -0.1) is 5.75 Å². The van der Waals surface area contributed by atoms with Crippen LogP contribution in [-0.4, -0.2) is 36.0 Å². The van der Waals surface area contributed by atoms with Crippen LogP contribution in [0.1, 0.15) is 18.6 Å². The van der Waals surface area contributed by atoms with E-state index in [0.717, 1.165) is 51.4 Å². The number of halogens is 4. The Hall–Kier alpha value is -3.04. The molecule has 10 nitrogen and oxygen atoms in total. The Balaban J connectivity index is 0.000000463. The van der Waals surface area contributed by atoms with Gasteiger partial charge in [-0.3, -0.25) is 0 Å². The average molecular weight is 1100 g/mol. The van der Waals surface area contributed by atoms with Crippen LogP contribution in [0.2, 0.25) is 0 Å². The van der Waals surface area contributed by atoms with Gasteiger partial charge in [0.1, 0.15) is 38.6 Å². The van der Waals surface area contributed by atoms with E-state index in [1.807, 2.05) is 84.7 Å². The third kappa shape index (κ3) is 16.4. The minimum Gasteiger partial charge on any atom is -0.872 e. The molecule has 0 spiro atoms. The SMILES string of the molecule is C.CI.COc1ccc(-c2cccc(Oc3cc(C)c(Br)cc3S(N)(=O)=O)c2)cc1.COc1ccc(-c2cccc([O-])c2)cc1.Cc1cc(F)c(S(N)(=O)=O)cc1Br.[Na+]. The number of primary sulfonamides is 2. The first-order chi connectivity index (χ1) is 26.9. The van der Waals surface area contributed by atoms with Crippen molar-refractivity contribution in [2.45, 2.75) is 31.1 Å². The van der Waals surface area contributed by atoms with Crippen molar-refractivity contribution in [3.8, 4) is 51.0 Å². The van der Waals surface area contributed by atoms with Gasteiger partial charge in [-0.2, -0.15) is 0 Å². The van der Waals surface area contributed by atoms with Gasteiger partial charge in [0.15, 0.2) is 0 Å². The molecule has 0 saturated carbocycles. The summed E-state index contributed by atoms with van der Waals surface area (Å²) in [5, 5.41) is 21.3. The number of methoxy groups -OCH3 is 2. The molecule has 0 saturated heterocycles. The van der Waals surface area contributed by atoms with E-state index in [0.29, 0.717) is 20.3 Å². The normalized spacial score (nSPS) is 10.4. The summed E-state index contributed by atoms with van der Waals surface area (Å²) in [6, 6.07) is 34.9. The smallest absolute Gasteiger partial charge is 0.872 e. The van der Waals surface area contributed by atoms with Gasteiger partial charge in [0.2, 0.25) is 20.0 Å². The number of aryl methyl sites for hydroxylation is 2. The summed E-state index contributed by atoms with van der Waals surface area (Å²) in [5.74, 6) is 1.48. The third-order valence-corrected chi connectivity index (χ3v) is 11.4. The van der Waals surface area contributed by atoms with Crippen LogP contribution in [0.15, 0.2) is 140 Å². The predicted octanol–water partition coefficient (Wildman–Crippen LogP) is 7.54. The standard InChI is InChI=1S/C20H18BrNO4S.C13H12O2.C7H7BrFNO2S.CH3I.CH4.Na/c1-13-10-19(20(12-18(13)21)27(22,23)24)26-17-5-3-4-15(11-17)14-6-8-16(25-2)9-7-14;1-15-13-7-5-10(6-8-13)11-3-2-4-12(14)9-11;1-4-2-6(9)7(3-5(4)8)13(10,11)12;1-2;;/h3-12H,1-2H3,(H2,22,23,24);2-9,14H,1H3;2-3H,1H3,(H2,10,11,12);1H3;1H4;/q;;;;;+1/p-1. The third-order valence-electron chi connectivity index (χ3n) is 7.79. The van der Waals surface area contributed by atoms with Gasteiger partial charge in [-0.25, -0.2) is 31.5 Å². The van der Waals surface area contributed by atoms with Gasteiger partial charge >= 0.3 is 29.6 Å². The van der Waals surface area contributed by atoms with Crippen LogP contribution in [0.5, 0.6) is 28.7 Å². The van der Waals surface area contributed by atoms with E-state index < -0.39 is 30.8 Å². The molecular formula is C42H43Br2FIN2NaO8S2. The van der Waals surface area contributed by atoms with Crippen molar-refractivity contribution < 1.29 is 70.1 Å². The van der Waals surface area contributed by atoms with Crippen molar-refractivity contribution >= 4 is 74.5 Å². The quantitative estimate of drug-likeness (QED) is 0.0895. The fourth-order valence-electron chi connectivity index (χ4n) is 4.89. The van der Waals surface area contributed by atoms with Crippen molar-refractivity contribution in [3.63, 3.8) is 0 Å². The summed E-state index contributed by atoms with van der Waals surface area (Å²) in [6.07, 6.45) is 0. The summed E-state index contributed by atoms with van der Waals surface area (Å²) in [4.78, 5) is 1.40. The zero-order chi connectivity index (χ0) is 42.5. The number of sulfonamides is 2. The molecule has 0 aromatic heterocycles. The summed E-state index contributed by atoms with van der Waals surface area (Å²) >= 11 is 8.56. The Morgan fingerprint density at radius 1 is 0.593 bits per heavy atom. The van der Waals surface area contributed by atoms with Crippen molar-refractivity contribution in [2.75, 3.05) is 19.2 Å². The number of alkyl halides is 1. The number of hydrogen-bond donors (Lipinski definition) is 2. The van der Waals surface area contributed by atoms with Crippen molar-refractivity contribution in [1.82, 2.24) is 0 Å². The minimum atomic E-state index is -3.98. The van der Waals surface area contributed by atoms with E-state index >= 15 is 0 Å². The van der Waals surface area contributed by atoms with Gasteiger partial charge in [0, 0.05) is 8.95 Å². The van der Waals surface area contributed by atoms with Crippen LogP contribution in [0.25, 0.3) is 22.3 Å². The molecule has 0 aliphatic heterocycles. The molecule has 0 amide bonds. The number of rotatable bonds is 8. The molecule has 6 aromatic carbocycles. The molecule has 4 N–H and O–H groups in total. The van der Waals surface area contributed by atoms with Crippen LogP contribution >= 0.6 is 54.5 Å². The van der Waals surface area contributed by atoms with E-state index in [-0.39, 0.29) is 53.4 Å². The molecule has 0 heterocycles. The second kappa shape index (κ2) is 25.0. The Kier molecular flexibility index (Phi) is 22.9. The van der Waals surface area contributed by atoms with Crippen molar-refractivity contribution in [2.24, 2.45) is 10.3 Å². The fourth-order valence-corrected chi connectivity index (χ4v) is 7.16. The maximum absolute atomic E-state index is 13.0. The molecule has 0 radical (unpaired) electrons. The molecule has 59 heavy (non-hydrogen) atoms. The maximum atomic E-state index is 13.0. The van der Waals surface area contributed by atoms with E-state index in [2.05, 4.69) is 54.5 Å². The molecule has 0 unspecified atom stereocenters. The van der Waals surface area contributed by atoms with E-state index in [1.54, 1.807) is 51.5 Å². The van der Waals surface area contributed by atoms with Gasteiger partial charge in [-0.05, 0) is 113 Å². The number of ether oxygens (including phenoxy) is 3. The van der Waals surface area contributed by atoms with Crippen LogP contribution in [-0.2, 0) is 20.0 Å². The molecule has 0 aliphatic carbocycles. The molecule has 0 aliphatic rings. The topological polar surface area (TPSA) is 171 Å². The first-order valence-electron chi connectivity index (χ1n) is 16.4. The molecular weight excluding hydrogens is 1050 g/mol.